The monoisotopic (exact) mass is 385 g/mol. The van der Waals surface area contributed by atoms with E-state index in [1.807, 2.05) is 19.1 Å². The summed E-state index contributed by atoms with van der Waals surface area (Å²) in [6.07, 6.45) is 2.43. The molecule has 0 saturated carbocycles. The normalized spacial score (nSPS) is 12.0. The molecule has 1 atom stereocenters. The van der Waals surface area contributed by atoms with Gasteiger partial charge in [-0.3, -0.25) is 9.78 Å². The fraction of sp³-hybridized carbons (Fsp3) is 0.238. The predicted octanol–water partition coefficient (Wildman–Crippen LogP) is 5.78. The van der Waals surface area contributed by atoms with E-state index >= 15 is 0 Å². The van der Waals surface area contributed by atoms with Crippen molar-refractivity contribution in [1.82, 2.24) is 4.98 Å². The molecule has 0 aliphatic rings. The maximum absolute atomic E-state index is 12.4. The van der Waals surface area contributed by atoms with Crippen molar-refractivity contribution in [2.24, 2.45) is 0 Å². The molecule has 0 aliphatic carbocycles. The van der Waals surface area contributed by atoms with Crippen molar-refractivity contribution in [1.29, 1.82) is 0 Å². The first-order valence-corrected chi connectivity index (χ1v) is 9.71. The molecule has 5 heteroatoms. The van der Waals surface area contributed by atoms with Crippen LogP contribution in [0.3, 0.4) is 0 Å². The van der Waals surface area contributed by atoms with Crippen molar-refractivity contribution in [2.45, 2.75) is 25.7 Å². The summed E-state index contributed by atoms with van der Waals surface area (Å²) >= 11 is 7.69. The van der Waals surface area contributed by atoms with E-state index in [2.05, 4.69) is 33.9 Å². The Morgan fingerprint density at radius 2 is 2.00 bits per heavy atom. The van der Waals surface area contributed by atoms with Crippen molar-refractivity contribution < 1.29 is 9.53 Å². The van der Waals surface area contributed by atoms with Crippen LogP contribution in [-0.4, -0.2) is 17.9 Å². The number of hydrogen-bond acceptors (Lipinski definition) is 4. The number of Topliss-reactive ketones (excluding diaryl/α,β-unsaturated/α-hetero) is 1. The zero-order chi connectivity index (χ0) is 18.5. The molecule has 2 aromatic heterocycles. The molecule has 134 valence electrons. The maximum atomic E-state index is 12.4. The van der Waals surface area contributed by atoms with E-state index < -0.39 is 0 Å². The van der Waals surface area contributed by atoms with E-state index in [4.69, 9.17) is 16.3 Å². The van der Waals surface area contributed by atoms with E-state index in [0.29, 0.717) is 23.6 Å². The van der Waals surface area contributed by atoms with Crippen LogP contribution in [0.4, 0.5) is 0 Å². The number of carbonyl (C=O) groups is 1. The average Bonchev–Trinajstić information content (AvgIpc) is 3.17. The number of nitrogens with zero attached hydrogens (tertiary/aromatic N) is 1. The molecule has 0 spiro atoms. The predicted molar refractivity (Wildman–Crippen MR) is 107 cm³/mol. The lowest BCUT2D eigenvalue weighted by atomic mass is 9.96. The van der Waals surface area contributed by atoms with Crippen LogP contribution in [0.1, 0.15) is 30.5 Å². The second-order valence-corrected chi connectivity index (χ2v) is 7.46. The first-order chi connectivity index (χ1) is 12.6. The summed E-state index contributed by atoms with van der Waals surface area (Å²) in [5.74, 6) is 0.787. The molecule has 2 heterocycles. The van der Waals surface area contributed by atoms with Crippen molar-refractivity contribution in [3.63, 3.8) is 0 Å². The standard InChI is InChI=1S/C21H20ClNO2S/c1-14(20-11-21(25-2)19(22)12-23-20)9-18(24)10-15-3-5-16(6-4-15)17-7-8-26-13-17/h3-8,11-14H,9-10H2,1-2H3/t14-/m0/s1. The molecule has 0 aliphatic heterocycles. The lowest BCUT2D eigenvalue weighted by molar-refractivity contribution is -0.118. The van der Waals surface area contributed by atoms with Crippen LogP contribution >= 0.6 is 22.9 Å². The van der Waals surface area contributed by atoms with E-state index in [1.54, 1.807) is 30.7 Å². The van der Waals surface area contributed by atoms with Gasteiger partial charge in [0.15, 0.2) is 0 Å². The lowest BCUT2D eigenvalue weighted by Gasteiger charge is -2.12. The van der Waals surface area contributed by atoms with Crippen molar-refractivity contribution in [3.05, 3.63) is 69.6 Å². The smallest absolute Gasteiger partial charge is 0.140 e. The van der Waals surface area contributed by atoms with Gasteiger partial charge in [-0.15, -0.1) is 0 Å². The highest BCUT2D eigenvalue weighted by molar-refractivity contribution is 7.08. The Kier molecular flexibility index (Phi) is 6.07. The molecule has 3 nitrogen and oxygen atoms in total. The summed E-state index contributed by atoms with van der Waals surface area (Å²) < 4.78 is 5.22. The first kappa shape index (κ1) is 18.6. The van der Waals surface area contributed by atoms with Crippen LogP contribution in [0.25, 0.3) is 11.1 Å². The van der Waals surface area contributed by atoms with Gasteiger partial charge in [0.2, 0.25) is 0 Å². The fourth-order valence-electron chi connectivity index (χ4n) is 2.85. The molecular formula is C21H20ClNO2S. The van der Waals surface area contributed by atoms with E-state index in [9.17, 15) is 4.79 Å². The topological polar surface area (TPSA) is 39.2 Å². The average molecular weight is 386 g/mol. The Morgan fingerprint density at radius 1 is 1.23 bits per heavy atom. The maximum Gasteiger partial charge on any atom is 0.140 e. The van der Waals surface area contributed by atoms with Crippen molar-refractivity contribution in [3.8, 4) is 16.9 Å². The number of hydrogen-bond donors (Lipinski definition) is 0. The molecule has 3 aromatic rings. The molecule has 26 heavy (non-hydrogen) atoms. The van der Waals surface area contributed by atoms with Crippen LogP contribution in [0.15, 0.2) is 53.4 Å². The molecule has 0 N–H and O–H groups in total. The molecule has 0 radical (unpaired) electrons. The van der Waals surface area contributed by atoms with Crippen LogP contribution < -0.4 is 4.74 Å². The second-order valence-electron chi connectivity index (χ2n) is 6.27. The van der Waals surface area contributed by atoms with Gasteiger partial charge in [-0.05, 0) is 33.5 Å². The number of rotatable bonds is 7. The third-order valence-corrected chi connectivity index (χ3v) is 5.28. The van der Waals surface area contributed by atoms with Gasteiger partial charge in [0.1, 0.15) is 16.6 Å². The van der Waals surface area contributed by atoms with Gasteiger partial charge in [0.25, 0.3) is 0 Å². The highest BCUT2D eigenvalue weighted by Crippen LogP contribution is 2.28. The highest BCUT2D eigenvalue weighted by atomic mass is 35.5. The number of ketones is 1. The number of pyridine rings is 1. The SMILES string of the molecule is COc1cc([C@@H](C)CC(=O)Cc2ccc(-c3ccsc3)cc2)ncc1Cl. The third kappa shape index (κ3) is 4.51. The van der Waals surface area contributed by atoms with Crippen molar-refractivity contribution >= 4 is 28.7 Å². The van der Waals surface area contributed by atoms with Gasteiger partial charge in [-0.2, -0.15) is 11.3 Å². The van der Waals surface area contributed by atoms with Gasteiger partial charge in [-0.25, -0.2) is 0 Å². The minimum absolute atomic E-state index is 0.0127. The minimum Gasteiger partial charge on any atom is -0.495 e. The van der Waals surface area contributed by atoms with Gasteiger partial charge < -0.3 is 4.74 Å². The van der Waals surface area contributed by atoms with Gasteiger partial charge in [0.05, 0.1) is 7.11 Å². The number of halogens is 1. The summed E-state index contributed by atoms with van der Waals surface area (Å²) in [6.45, 7) is 1.99. The number of thiophene rings is 1. The quantitative estimate of drug-likeness (QED) is 0.517. The molecular weight excluding hydrogens is 366 g/mol. The summed E-state index contributed by atoms with van der Waals surface area (Å²) in [5, 5.41) is 4.66. The number of carbonyl (C=O) groups excluding carboxylic acids is 1. The van der Waals surface area contributed by atoms with Crippen LogP contribution in [-0.2, 0) is 11.2 Å². The Balaban J connectivity index is 1.61. The molecule has 0 amide bonds. The van der Waals surface area contributed by atoms with Gasteiger partial charge >= 0.3 is 0 Å². The summed E-state index contributed by atoms with van der Waals surface area (Å²) in [4.78, 5) is 16.8. The largest absolute Gasteiger partial charge is 0.495 e. The summed E-state index contributed by atoms with van der Waals surface area (Å²) in [6, 6.07) is 12.1. The number of methoxy groups -OCH3 is 1. The zero-order valence-electron chi connectivity index (χ0n) is 14.7. The molecule has 3 rings (SSSR count). The molecule has 0 bridgehead atoms. The minimum atomic E-state index is 0.0127. The van der Waals surface area contributed by atoms with Crippen LogP contribution in [0.5, 0.6) is 5.75 Å². The molecule has 0 fully saturated rings. The Labute approximate surface area is 162 Å². The Hall–Kier alpha value is -2.17. The van der Waals surface area contributed by atoms with Crippen molar-refractivity contribution in [2.75, 3.05) is 7.11 Å². The van der Waals surface area contributed by atoms with Gasteiger partial charge in [-0.1, -0.05) is 42.8 Å². The number of ether oxygens (including phenoxy) is 1. The molecule has 1 aromatic carbocycles. The number of benzene rings is 1. The van der Waals surface area contributed by atoms with E-state index in [0.717, 1.165) is 11.3 Å². The number of aromatic nitrogens is 1. The fourth-order valence-corrected chi connectivity index (χ4v) is 3.70. The van der Waals surface area contributed by atoms with Gasteiger partial charge in [0, 0.05) is 36.7 Å². The Bertz CT molecular complexity index is 876. The second kappa shape index (κ2) is 8.47. The Morgan fingerprint density at radius 3 is 2.65 bits per heavy atom. The van der Waals surface area contributed by atoms with E-state index in [-0.39, 0.29) is 11.7 Å². The summed E-state index contributed by atoms with van der Waals surface area (Å²) in [5.41, 5.74) is 4.23. The van der Waals surface area contributed by atoms with Crippen LogP contribution in [0.2, 0.25) is 5.02 Å². The highest BCUT2D eigenvalue weighted by Gasteiger charge is 2.15. The van der Waals surface area contributed by atoms with E-state index in [1.165, 1.54) is 11.1 Å². The summed E-state index contributed by atoms with van der Waals surface area (Å²) in [7, 11) is 1.57. The zero-order valence-corrected chi connectivity index (χ0v) is 16.3. The molecule has 0 unspecified atom stereocenters. The molecule has 0 saturated heterocycles. The third-order valence-electron chi connectivity index (χ3n) is 4.31. The lowest BCUT2D eigenvalue weighted by Crippen LogP contribution is -2.09. The van der Waals surface area contributed by atoms with Crippen LogP contribution in [0, 0.1) is 0 Å². The first-order valence-electron chi connectivity index (χ1n) is 8.39.